The summed E-state index contributed by atoms with van der Waals surface area (Å²) in [5.74, 6) is 1.41. The normalized spacial score (nSPS) is 16.2. The number of nitrogens with one attached hydrogen (secondary N) is 1. The largest absolute Gasteiger partial charge is 0.494 e. The predicted molar refractivity (Wildman–Crippen MR) is 117 cm³/mol. The van der Waals surface area contributed by atoms with Crippen LogP contribution in [-0.2, 0) is 10.2 Å². The van der Waals surface area contributed by atoms with Gasteiger partial charge in [0.1, 0.15) is 17.3 Å². The van der Waals surface area contributed by atoms with Crippen LogP contribution < -0.4 is 20.5 Å². The Kier molecular flexibility index (Phi) is 7.52. The molecule has 0 unspecified atom stereocenters. The van der Waals surface area contributed by atoms with Crippen LogP contribution in [0.2, 0.25) is 0 Å². The standard InChI is InChI=1S/C23H30FN3O3/c1-3-29-19-8-9-21(30-4-2)20(15-19)27-22(25)26-16-23(10-12-28-13-11-23)17-6-5-7-18(24)14-17/h5-9,14-15H,3-4,10-13,16H2,1-2H3,(H3,25,26,27). The molecule has 7 heteroatoms. The number of halogens is 1. The monoisotopic (exact) mass is 415 g/mol. The summed E-state index contributed by atoms with van der Waals surface area (Å²) < 4.78 is 30.7. The van der Waals surface area contributed by atoms with Gasteiger partial charge >= 0.3 is 0 Å². The van der Waals surface area contributed by atoms with E-state index in [4.69, 9.17) is 19.9 Å². The Morgan fingerprint density at radius 3 is 2.60 bits per heavy atom. The van der Waals surface area contributed by atoms with Gasteiger partial charge in [0.25, 0.3) is 0 Å². The molecule has 0 amide bonds. The fourth-order valence-corrected chi connectivity index (χ4v) is 3.68. The smallest absolute Gasteiger partial charge is 0.193 e. The summed E-state index contributed by atoms with van der Waals surface area (Å²) in [6, 6.07) is 12.3. The SMILES string of the molecule is CCOc1ccc(OCC)c(NC(N)=NCC2(c3cccc(F)c3)CCOCC2)c1. The first kappa shape index (κ1) is 21.9. The molecule has 1 aliphatic rings. The second-order valence-corrected chi connectivity index (χ2v) is 7.25. The van der Waals surface area contributed by atoms with E-state index in [0.717, 1.165) is 24.2 Å². The summed E-state index contributed by atoms with van der Waals surface area (Å²) in [5.41, 5.74) is 7.53. The lowest BCUT2D eigenvalue weighted by molar-refractivity contribution is 0.0530. The number of hydrogen-bond acceptors (Lipinski definition) is 4. The Bertz CT molecular complexity index is 867. The third-order valence-electron chi connectivity index (χ3n) is 5.26. The maximum Gasteiger partial charge on any atom is 0.193 e. The van der Waals surface area contributed by atoms with Crippen molar-refractivity contribution in [2.75, 3.05) is 38.3 Å². The molecular formula is C23H30FN3O3. The van der Waals surface area contributed by atoms with Crippen molar-refractivity contribution < 1.29 is 18.6 Å². The van der Waals surface area contributed by atoms with Crippen molar-refractivity contribution in [1.29, 1.82) is 0 Å². The minimum absolute atomic E-state index is 0.248. The third kappa shape index (κ3) is 5.42. The summed E-state index contributed by atoms with van der Waals surface area (Å²) in [5, 5.41) is 3.13. The van der Waals surface area contributed by atoms with Gasteiger partial charge in [-0.3, -0.25) is 4.99 Å². The first-order valence-electron chi connectivity index (χ1n) is 10.4. The fraction of sp³-hybridized carbons (Fsp3) is 0.435. The Morgan fingerprint density at radius 2 is 1.90 bits per heavy atom. The minimum atomic E-state index is -0.303. The maximum atomic E-state index is 13.9. The van der Waals surface area contributed by atoms with E-state index in [1.807, 2.05) is 38.1 Å². The van der Waals surface area contributed by atoms with Crippen LogP contribution in [-0.4, -0.2) is 38.9 Å². The molecule has 1 fully saturated rings. The van der Waals surface area contributed by atoms with Gasteiger partial charge in [-0.2, -0.15) is 0 Å². The van der Waals surface area contributed by atoms with Crippen LogP contribution in [0, 0.1) is 5.82 Å². The molecule has 1 saturated heterocycles. The van der Waals surface area contributed by atoms with E-state index in [1.165, 1.54) is 6.07 Å². The van der Waals surface area contributed by atoms with E-state index in [9.17, 15) is 4.39 Å². The van der Waals surface area contributed by atoms with Crippen LogP contribution in [0.5, 0.6) is 11.5 Å². The molecule has 0 aromatic heterocycles. The van der Waals surface area contributed by atoms with E-state index in [1.54, 1.807) is 12.1 Å². The van der Waals surface area contributed by atoms with Crippen LogP contribution >= 0.6 is 0 Å². The summed E-state index contributed by atoms with van der Waals surface area (Å²) in [7, 11) is 0. The van der Waals surface area contributed by atoms with Gasteiger partial charge in [0.2, 0.25) is 0 Å². The van der Waals surface area contributed by atoms with Crippen LogP contribution in [0.4, 0.5) is 10.1 Å². The molecule has 0 bridgehead atoms. The highest BCUT2D eigenvalue weighted by Gasteiger charge is 2.34. The predicted octanol–water partition coefficient (Wildman–Crippen LogP) is 4.10. The van der Waals surface area contributed by atoms with E-state index in [-0.39, 0.29) is 17.2 Å². The first-order chi connectivity index (χ1) is 14.6. The molecule has 2 aromatic carbocycles. The summed E-state index contributed by atoms with van der Waals surface area (Å²) in [4.78, 5) is 4.61. The van der Waals surface area contributed by atoms with Crippen LogP contribution in [0.25, 0.3) is 0 Å². The van der Waals surface area contributed by atoms with E-state index >= 15 is 0 Å². The van der Waals surface area contributed by atoms with Gasteiger partial charge in [-0.25, -0.2) is 4.39 Å². The molecule has 6 nitrogen and oxygen atoms in total. The quantitative estimate of drug-likeness (QED) is 0.501. The molecule has 3 rings (SSSR count). The zero-order chi connectivity index (χ0) is 21.4. The number of nitrogens with two attached hydrogens (primary N) is 1. The van der Waals surface area contributed by atoms with Gasteiger partial charge in [-0.05, 0) is 56.5 Å². The molecule has 0 saturated carbocycles. The van der Waals surface area contributed by atoms with E-state index in [2.05, 4.69) is 10.3 Å². The number of hydrogen-bond donors (Lipinski definition) is 2. The topological polar surface area (TPSA) is 78.1 Å². The molecular weight excluding hydrogens is 385 g/mol. The molecule has 0 aliphatic carbocycles. The Morgan fingerprint density at radius 1 is 1.13 bits per heavy atom. The lowest BCUT2D eigenvalue weighted by Gasteiger charge is -2.36. The number of rotatable bonds is 8. The van der Waals surface area contributed by atoms with Gasteiger partial charge in [0, 0.05) is 24.7 Å². The molecule has 0 spiro atoms. The molecule has 0 atom stereocenters. The molecule has 3 N–H and O–H groups in total. The van der Waals surface area contributed by atoms with Crippen molar-refractivity contribution in [3.05, 3.63) is 53.8 Å². The highest BCUT2D eigenvalue weighted by atomic mass is 19.1. The maximum absolute atomic E-state index is 13.9. The lowest BCUT2D eigenvalue weighted by atomic mass is 9.74. The van der Waals surface area contributed by atoms with E-state index in [0.29, 0.717) is 44.4 Å². The molecule has 1 heterocycles. The second-order valence-electron chi connectivity index (χ2n) is 7.25. The highest BCUT2D eigenvalue weighted by molar-refractivity contribution is 5.94. The Labute approximate surface area is 177 Å². The summed E-state index contributed by atoms with van der Waals surface area (Å²) in [6.45, 7) is 6.62. The summed E-state index contributed by atoms with van der Waals surface area (Å²) >= 11 is 0. The molecule has 2 aromatic rings. The average Bonchev–Trinajstić information content (AvgIpc) is 2.75. The van der Waals surface area contributed by atoms with Crippen molar-refractivity contribution in [1.82, 2.24) is 0 Å². The van der Waals surface area contributed by atoms with Crippen molar-refractivity contribution in [2.24, 2.45) is 10.7 Å². The number of ether oxygens (including phenoxy) is 3. The zero-order valence-electron chi connectivity index (χ0n) is 17.6. The van der Waals surface area contributed by atoms with Crippen LogP contribution in [0.3, 0.4) is 0 Å². The number of guanidine groups is 1. The molecule has 162 valence electrons. The molecule has 1 aliphatic heterocycles. The second kappa shape index (κ2) is 10.3. The highest BCUT2D eigenvalue weighted by Crippen LogP contribution is 2.36. The van der Waals surface area contributed by atoms with Gasteiger partial charge in [-0.1, -0.05) is 12.1 Å². The van der Waals surface area contributed by atoms with Crippen molar-refractivity contribution in [3.63, 3.8) is 0 Å². The van der Waals surface area contributed by atoms with Gasteiger partial charge < -0.3 is 25.3 Å². The Hall–Kier alpha value is -2.80. The lowest BCUT2D eigenvalue weighted by Crippen LogP contribution is -2.38. The number of nitrogens with zero attached hydrogens (tertiary/aromatic N) is 1. The Balaban J connectivity index is 1.81. The summed E-state index contributed by atoms with van der Waals surface area (Å²) in [6.07, 6.45) is 1.52. The third-order valence-corrected chi connectivity index (χ3v) is 5.26. The van der Waals surface area contributed by atoms with Gasteiger partial charge in [0.05, 0.1) is 25.4 Å². The van der Waals surface area contributed by atoms with Crippen molar-refractivity contribution in [3.8, 4) is 11.5 Å². The van der Waals surface area contributed by atoms with Crippen LogP contribution in [0.15, 0.2) is 47.5 Å². The molecule has 30 heavy (non-hydrogen) atoms. The van der Waals surface area contributed by atoms with Crippen molar-refractivity contribution in [2.45, 2.75) is 32.1 Å². The average molecular weight is 416 g/mol. The molecule has 0 radical (unpaired) electrons. The van der Waals surface area contributed by atoms with E-state index < -0.39 is 0 Å². The van der Waals surface area contributed by atoms with Crippen LogP contribution in [0.1, 0.15) is 32.3 Å². The zero-order valence-corrected chi connectivity index (χ0v) is 17.6. The van der Waals surface area contributed by atoms with Gasteiger partial charge in [0.15, 0.2) is 5.96 Å². The van der Waals surface area contributed by atoms with Crippen molar-refractivity contribution >= 4 is 11.6 Å². The number of aliphatic imine (C=N–C) groups is 1. The number of benzene rings is 2. The minimum Gasteiger partial charge on any atom is -0.494 e. The van der Waals surface area contributed by atoms with Gasteiger partial charge in [-0.15, -0.1) is 0 Å². The fourth-order valence-electron chi connectivity index (χ4n) is 3.68. The first-order valence-corrected chi connectivity index (χ1v) is 10.4. The number of anilines is 1.